The minimum Gasteiger partial charge on any atom is -0.462 e. The van der Waals surface area contributed by atoms with E-state index in [0.29, 0.717) is 12.2 Å². The highest BCUT2D eigenvalue weighted by Crippen LogP contribution is 2.20. The van der Waals surface area contributed by atoms with E-state index in [-0.39, 0.29) is 5.97 Å². The Morgan fingerprint density at radius 2 is 1.78 bits per heavy atom. The summed E-state index contributed by atoms with van der Waals surface area (Å²) in [5.41, 5.74) is 2.84. The molecule has 2 heterocycles. The van der Waals surface area contributed by atoms with Gasteiger partial charge in [0.2, 0.25) is 0 Å². The van der Waals surface area contributed by atoms with Gasteiger partial charge in [-0.1, -0.05) is 51.5 Å². The van der Waals surface area contributed by atoms with Crippen LogP contribution in [-0.2, 0) is 11.2 Å². The molecule has 0 amide bonds. The van der Waals surface area contributed by atoms with Gasteiger partial charge in [0.1, 0.15) is 0 Å². The molecule has 2 rings (SSSR count). The summed E-state index contributed by atoms with van der Waals surface area (Å²) in [7, 11) is 0. The minimum absolute atomic E-state index is 0.220. The SMILES string of the molecule is CCCCCCCCCc1cc(C(=O)OCC)c2ccccn12. The Morgan fingerprint density at radius 3 is 2.52 bits per heavy atom. The first-order valence-corrected chi connectivity index (χ1v) is 9.04. The second kappa shape index (κ2) is 9.39. The smallest absolute Gasteiger partial charge is 0.340 e. The van der Waals surface area contributed by atoms with Gasteiger partial charge in [-0.05, 0) is 38.0 Å². The number of carbonyl (C=O) groups excluding carboxylic acids is 1. The minimum atomic E-state index is -0.220. The molecule has 0 fully saturated rings. The van der Waals surface area contributed by atoms with Crippen LogP contribution in [0.15, 0.2) is 30.5 Å². The fourth-order valence-corrected chi connectivity index (χ4v) is 3.05. The Labute approximate surface area is 139 Å². The second-order valence-corrected chi connectivity index (χ2v) is 6.10. The first kappa shape index (κ1) is 17.6. The summed E-state index contributed by atoms with van der Waals surface area (Å²) in [6, 6.07) is 7.97. The van der Waals surface area contributed by atoms with Crippen molar-refractivity contribution in [2.75, 3.05) is 6.61 Å². The number of pyridine rings is 1. The summed E-state index contributed by atoms with van der Waals surface area (Å²) in [4.78, 5) is 12.1. The molecule has 0 bridgehead atoms. The highest BCUT2D eigenvalue weighted by Gasteiger charge is 2.15. The molecule has 3 heteroatoms. The number of aromatic nitrogens is 1. The van der Waals surface area contributed by atoms with Crippen molar-refractivity contribution in [1.29, 1.82) is 0 Å². The van der Waals surface area contributed by atoms with Crippen molar-refractivity contribution < 1.29 is 9.53 Å². The molecule has 0 atom stereocenters. The van der Waals surface area contributed by atoms with Crippen molar-refractivity contribution >= 4 is 11.5 Å². The van der Waals surface area contributed by atoms with E-state index in [0.717, 1.165) is 11.9 Å². The third-order valence-corrected chi connectivity index (χ3v) is 4.29. The number of rotatable bonds is 10. The van der Waals surface area contributed by atoms with E-state index in [1.807, 2.05) is 37.4 Å². The summed E-state index contributed by atoms with van der Waals surface area (Å²) >= 11 is 0. The van der Waals surface area contributed by atoms with Crippen molar-refractivity contribution in [2.45, 2.75) is 65.2 Å². The van der Waals surface area contributed by atoms with E-state index in [9.17, 15) is 4.79 Å². The first-order valence-electron chi connectivity index (χ1n) is 9.04. The van der Waals surface area contributed by atoms with Crippen molar-refractivity contribution in [3.63, 3.8) is 0 Å². The molecule has 126 valence electrons. The van der Waals surface area contributed by atoms with Crippen LogP contribution in [0.4, 0.5) is 0 Å². The largest absolute Gasteiger partial charge is 0.462 e. The van der Waals surface area contributed by atoms with Crippen LogP contribution in [0.25, 0.3) is 5.52 Å². The second-order valence-electron chi connectivity index (χ2n) is 6.10. The van der Waals surface area contributed by atoms with Gasteiger partial charge in [0.05, 0.1) is 17.7 Å². The van der Waals surface area contributed by atoms with Crippen LogP contribution in [-0.4, -0.2) is 17.0 Å². The van der Waals surface area contributed by atoms with Crippen molar-refractivity contribution in [3.05, 3.63) is 41.7 Å². The topological polar surface area (TPSA) is 30.7 Å². The maximum absolute atomic E-state index is 12.1. The average molecular weight is 315 g/mol. The zero-order chi connectivity index (χ0) is 16.5. The third kappa shape index (κ3) is 4.85. The normalized spacial score (nSPS) is 11.0. The van der Waals surface area contributed by atoms with Crippen LogP contribution >= 0.6 is 0 Å². The van der Waals surface area contributed by atoms with Crippen LogP contribution in [0.5, 0.6) is 0 Å². The number of nitrogens with zero attached hydrogens (tertiary/aromatic N) is 1. The molecule has 3 nitrogen and oxygen atoms in total. The van der Waals surface area contributed by atoms with Crippen molar-refractivity contribution in [1.82, 2.24) is 4.40 Å². The molecule has 0 aliphatic heterocycles. The standard InChI is InChI=1S/C20H29NO2/c1-3-5-6-7-8-9-10-13-17-16-18(20(22)23-4-2)19-14-11-12-15-21(17)19/h11-12,14-16H,3-10,13H2,1-2H3. The lowest BCUT2D eigenvalue weighted by Gasteiger charge is -2.03. The summed E-state index contributed by atoms with van der Waals surface area (Å²) in [6.45, 7) is 4.50. The average Bonchev–Trinajstić information content (AvgIpc) is 2.93. The molecule has 0 spiro atoms. The van der Waals surface area contributed by atoms with Crippen molar-refractivity contribution in [3.8, 4) is 0 Å². The maximum atomic E-state index is 12.1. The number of hydrogen-bond donors (Lipinski definition) is 0. The van der Waals surface area contributed by atoms with Gasteiger partial charge in [0, 0.05) is 11.9 Å². The van der Waals surface area contributed by atoms with Gasteiger partial charge in [-0.3, -0.25) is 0 Å². The van der Waals surface area contributed by atoms with Gasteiger partial charge in [-0.2, -0.15) is 0 Å². The summed E-state index contributed by atoms with van der Waals surface area (Å²) in [5, 5.41) is 0. The lowest BCUT2D eigenvalue weighted by Crippen LogP contribution is -2.03. The number of esters is 1. The molecule has 0 aromatic carbocycles. The molecular weight excluding hydrogens is 286 g/mol. The Kier molecular flexibility index (Phi) is 7.18. The van der Waals surface area contributed by atoms with Crippen LogP contribution in [0, 0.1) is 0 Å². The molecule has 0 aliphatic carbocycles. The van der Waals surface area contributed by atoms with E-state index >= 15 is 0 Å². The number of carbonyl (C=O) groups is 1. The van der Waals surface area contributed by atoms with Gasteiger partial charge in [-0.25, -0.2) is 4.79 Å². The molecular formula is C20H29NO2. The monoisotopic (exact) mass is 315 g/mol. The highest BCUT2D eigenvalue weighted by atomic mass is 16.5. The highest BCUT2D eigenvalue weighted by molar-refractivity contribution is 5.97. The van der Waals surface area contributed by atoms with Crippen LogP contribution < -0.4 is 0 Å². The molecule has 23 heavy (non-hydrogen) atoms. The van der Waals surface area contributed by atoms with E-state index in [1.54, 1.807) is 0 Å². The van der Waals surface area contributed by atoms with Gasteiger partial charge in [-0.15, -0.1) is 0 Å². The van der Waals surface area contributed by atoms with Gasteiger partial charge < -0.3 is 9.14 Å². The maximum Gasteiger partial charge on any atom is 0.340 e. The van der Waals surface area contributed by atoms with Crippen LogP contribution in [0.3, 0.4) is 0 Å². The Balaban J connectivity index is 1.96. The quantitative estimate of drug-likeness (QED) is 0.433. The number of fused-ring (bicyclic) bond motifs is 1. The molecule has 0 unspecified atom stereocenters. The predicted molar refractivity (Wildman–Crippen MR) is 95.1 cm³/mol. The molecule has 0 aliphatic rings. The molecule has 2 aromatic rings. The first-order chi connectivity index (χ1) is 11.3. The molecule has 2 aromatic heterocycles. The molecule has 0 saturated carbocycles. The fourth-order valence-electron chi connectivity index (χ4n) is 3.05. The van der Waals surface area contributed by atoms with Gasteiger partial charge in [0.25, 0.3) is 0 Å². The Bertz CT molecular complexity index is 615. The molecule has 0 N–H and O–H groups in total. The van der Waals surface area contributed by atoms with E-state index in [2.05, 4.69) is 11.3 Å². The predicted octanol–water partition coefficient (Wildman–Crippen LogP) is 5.41. The zero-order valence-electron chi connectivity index (χ0n) is 14.5. The Hall–Kier alpha value is -1.77. The number of hydrogen-bond acceptors (Lipinski definition) is 2. The van der Waals surface area contributed by atoms with E-state index < -0.39 is 0 Å². The fraction of sp³-hybridized carbons (Fsp3) is 0.550. The molecule has 0 saturated heterocycles. The summed E-state index contributed by atoms with van der Waals surface area (Å²) < 4.78 is 7.31. The molecule has 0 radical (unpaired) electrons. The lowest BCUT2D eigenvalue weighted by atomic mass is 10.1. The van der Waals surface area contributed by atoms with Crippen LogP contribution in [0.2, 0.25) is 0 Å². The third-order valence-electron chi connectivity index (χ3n) is 4.29. The van der Waals surface area contributed by atoms with Gasteiger partial charge >= 0.3 is 5.97 Å². The van der Waals surface area contributed by atoms with E-state index in [1.165, 1.54) is 50.6 Å². The lowest BCUT2D eigenvalue weighted by molar-refractivity contribution is 0.0529. The Morgan fingerprint density at radius 1 is 1.04 bits per heavy atom. The summed E-state index contributed by atoms with van der Waals surface area (Å²) in [5.74, 6) is -0.220. The number of aryl methyl sites for hydroxylation is 1. The van der Waals surface area contributed by atoms with Crippen molar-refractivity contribution in [2.24, 2.45) is 0 Å². The zero-order valence-corrected chi connectivity index (χ0v) is 14.5. The van der Waals surface area contributed by atoms with Crippen LogP contribution in [0.1, 0.15) is 74.8 Å². The van der Waals surface area contributed by atoms with Gasteiger partial charge in [0.15, 0.2) is 0 Å². The summed E-state index contributed by atoms with van der Waals surface area (Å²) in [6.07, 6.45) is 12.2. The number of ether oxygens (including phenoxy) is 1. The number of unbranched alkanes of at least 4 members (excludes halogenated alkanes) is 6. The van der Waals surface area contributed by atoms with E-state index in [4.69, 9.17) is 4.74 Å².